The fourth-order valence-electron chi connectivity index (χ4n) is 3.29. The van der Waals surface area contributed by atoms with Crippen LogP contribution in [0.5, 0.6) is 0 Å². The van der Waals surface area contributed by atoms with Gasteiger partial charge in [0.25, 0.3) is 0 Å². The molecule has 32 heavy (non-hydrogen) atoms. The van der Waals surface area contributed by atoms with Crippen molar-refractivity contribution in [3.8, 4) is 11.1 Å². The van der Waals surface area contributed by atoms with Crippen molar-refractivity contribution in [1.29, 1.82) is 0 Å². The Morgan fingerprint density at radius 3 is 1.22 bits per heavy atom. The van der Waals surface area contributed by atoms with Crippen LogP contribution in [-0.2, 0) is 9.47 Å². The number of rotatable bonds is 15. The molecule has 0 aliphatic rings. The van der Waals surface area contributed by atoms with Gasteiger partial charge in [-0.05, 0) is 74.2 Å². The molecule has 0 aliphatic carbocycles. The molecule has 0 unspecified atom stereocenters. The highest BCUT2D eigenvalue weighted by Crippen LogP contribution is 2.21. The summed E-state index contributed by atoms with van der Waals surface area (Å²) in [5.41, 5.74) is 13.9. The third kappa shape index (κ3) is 9.20. The van der Waals surface area contributed by atoms with E-state index < -0.39 is 0 Å². The van der Waals surface area contributed by atoms with E-state index in [4.69, 9.17) is 20.9 Å². The number of hydrogen-bond acceptors (Lipinski definition) is 6. The summed E-state index contributed by atoms with van der Waals surface area (Å²) >= 11 is 0. The Bertz CT molecular complexity index is 734. The van der Waals surface area contributed by atoms with Gasteiger partial charge in [-0.3, -0.25) is 0 Å². The van der Waals surface area contributed by atoms with E-state index in [1.165, 1.54) is 0 Å². The molecule has 0 bridgehead atoms. The first-order valence-electron chi connectivity index (χ1n) is 11.6. The van der Waals surface area contributed by atoms with Crippen molar-refractivity contribution in [1.82, 2.24) is 0 Å². The van der Waals surface area contributed by atoms with Crippen LogP contribution in [0.4, 0.5) is 0 Å². The lowest BCUT2D eigenvalue weighted by atomic mass is 10.0. The molecule has 6 nitrogen and oxygen atoms in total. The zero-order valence-electron chi connectivity index (χ0n) is 18.9. The van der Waals surface area contributed by atoms with Crippen LogP contribution >= 0.6 is 0 Å². The van der Waals surface area contributed by atoms with Crippen LogP contribution in [0, 0.1) is 0 Å². The number of carbonyl (C=O) groups excluding carboxylic acids is 2. The molecule has 6 heteroatoms. The highest BCUT2D eigenvalue weighted by Gasteiger charge is 2.09. The number of benzene rings is 2. The summed E-state index contributed by atoms with van der Waals surface area (Å²) < 4.78 is 10.7. The monoisotopic (exact) mass is 440 g/mol. The minimum Gasteiger partial charge on any atom is -0.462 e. The van der Waals surface area contributed by atoms with Crippen LogP contribution in [0.1, 0.15) is 72.1 Å². The Balaban J connectivity index is 1.78. The lowest BCUT2D eigenvalue weighted by molar-refractivity contribution is 0.0488. The van der Waals surface area contributed by atoms with Crippen molar-refractivity contribution in [2.24, 2.45) is 11.5 Å². The smallest absolute Gasteiger partial charge is 0.338 e. The zero-order valence-corrected chi connectivity index (χ0v) is 18.9. The Morgan fingerprint density at radius 2 is 0.875 bits per heavy atom. The summed E-state index contributed by atoms with van der Waals surface area (Å²) in [5, 5.41) is 0. The molecule has 0 fully saturated rings. The van der Waals surface area contributed by atoms with Gasteiger partial charge in [0.1, 0.15) is 0 Å². The van der Waals surface area contributed by atoms with Crippen LogP contribution < -0.4 is 11.5 Å². The van der Waals surface area contributed by atoms with Gasteiger partial charge in [0.05, 0.1) is 24.3 Å². The molecule has 0 atom stereocenters. The average Bonchev–Trinajstić information content (AvgIpc) is 2.83. The lowest BCUT2D eigenvalue weighted by Crippen LogP contribution is -2.07. The normalized spacial score (nSPS) is 10.7. The van der Waals surface area contributed by atoms with Gasteiger partial charge in [0.15, 0.2) is 0 Å². The highest BCUT2D eigenvalue weighted by molar-refractivity contribution is 5.91. The number of esters is 2. The van der Waals surface area contributed by atoms with Gasteiger partial charge < -0.3 is 20.9 Å². The predicted molar refractivity (Wildman–Crippen MR) is 127 cm³/mol. The molecule has 2 rings (SSSR count). The predicted octanol–water partition coefficient (Wildman–Crippen LogP) is 4.71. The molecule has 0 spiro atoms. The number of nitrogens with two attached hydrogens (primary N) is 2. The van der Waals surface area contributed by atoms with E-state index in [-0.39, 0.29) is 11.9 Å². The standard InChI is InChI=1S/C26H36N2O4/c27-17-5-1-3-7-19-31-25(29)23-13-9-21(10-14-23)22-11-15-24(16-12-22)26(30)32-20-8-4-2-6-18-28/h9-16H,1-8,17-20,27-28H2. The SMILES string of the molecule is NCCCCCCOC(=O)c1ccc(-c2ccc(C(=O)OCCCCCCN)cc2)cc1. The molecule has 174 valence electrons. The van der Waals surface area contributed by atoms with Gasteiger partial charge >= 0.3 is 11.9 Å². The minimum atomic E-state index is -0.309. The molecule has 0 saturated carbocycles. The zero-order chi connectivity index (χ0) is 23.0. The van der Waals surface area contributed by atoms with E-state index >= 15 is 0 Å². The third-order valence-corrected chi connectivity index (χ3v) is 5.24. The second kappa shape index (κ2) is 15.2. The van der Waals surface area contributed by atoms with Gasteiger partial charge in [-0.25, -0.2) is 9.59 Å². The summed E-state index contributed by atoms with van der Waals surface area (Å²) in [6, 6.07) is 14.6. The van der Waals surface area contributed by atoms with Crippen LogP contribution in [0.2, 0.25) is 0 Å². The molecule has 0 radical (unpaired) electrons. The van der Waals surface area contributed by atoms with E-state index in [9.17, 15) is 9.59 Å². The maximum Gasteiger partial charge on any atom is 0.338 e. The molecule has 2 aromatic rings. The van der Waals surface area contributed by atoms with Crippen LogP contribution in [0.3, 0.4) is 0 Å². The summed E-state index contributed by atoms with van der Waals surface area (Å²) in [7, 11) is 0. The second-order valence-electron chi connectivity index (χ2n) is 7.83. The van der Waals surface area contributed by atoms with Crippen LogP contribution in [0.25, 0.3) is 11.1 Å². The van der Waals surface area contributed by atoms with Gasteiger partial charge in [-0.1, -0.05) is 49.9 Å². The molecule has 0 saturated heterocycles. The summed E-state index contributed by atoms with van der Waals surface area (Å²) in [6.45, 7) is 2.26. The van der Waals surface area contributed by atoms with Gasteiger partial charge in [-0.15, -0.1) is 0 Å². The largest absolute Gasteiger partial charge is 0.462 e. The van der Waals surface area contributed by atoms with Crippen molar-refractivity contribution in [3.63, 3.8) is 0 Å². The molecular weight excluding hydrogens is 404 g/mol. The number of carbonyl (C=O) groups is 2. The van der Waals surface area contributed by atoms with Crippen molar-refractivity contribution >= 4 is 11.9 Å². The Hall–Kier alpha value is -2.70. The van der Waals surface area contributed by atoms with E-state index in [0.29, 0.717) is 37.4 Å². The third-order valence-electron chi connectivity index (χ3n) is 5.24. The number of hydrogen-bond donors (Lipinski definition) is 2. The Kier molecular flexibility index (Phi) is 12.1. The first-order valence-corrected chi connectivity index (χ1v) is 11.6. The quantitative estimate of drug-likeness (QED) is 0.307. The Morgan fingerprint density at radius 1 is 0.531 bits per heavy atom. The Labute approximate surface area is 191 Å². The van der Waals surface area contributed by atoms with E-state index in [1.807, 2.05) is 24.3 Å². The summed E-state index contributed by atoms with van der Waals surface area (Å²) in [5.74, 6) is -0.618. The number of unbranched alkanes of at least 4 members (excludes halogenated alkanes) is 6. The molecule has 0 heterocycles. The molecule has 2 aromatic carbocycles. The van der Waals surface area contributed by atoms with Crippen molar-refractivity contribution in [2.45, 2.75) is 51.4 Å². The number of ether oxygens (including phenoxy) is 2. The van der Waals surface area contributed by atoms with Crippen molar-refractivity contribution in [3.05, 3.63) is 59.7 Å². The topological polar surface area (TPSA) is 105 Å². The van der Waals surface area contributed by atoms with E-state index in [1.54, 1.807) is 24.3 Å². The van der Waals surface area contributed by atoms with Crippen LogP contribution in [-0.4, -0.2) is 38.2 Å². The van der Waals surface area contributed by atoms with Crippen LogP contribution in [0.15, 0.2) is 48.5 Å². The van der Waals surface area contributed by atoms with E-state index in [0.717, 1.165) is 62.5 Å². The van der Waals surface area contributed by atoms with E-state index in [2.05, 4.69) is 0 Å². The molecule has 4 N–H and O–H groups in total. The second-order valence-corrected chi connectivity index (χ2v) is 7.83. The summed E-state index contributed by atoms with van der Waals surface area (Å²) in [6.07, 6.45) is 7.88. The lowest BCUT2D eigenvalue weighted by Gasteiger charge is -2.08. The molecule has 0 aromatic heterocycles. The maximum atomic E-state index is 12.2. The molecule has 0 aliphatic heterocycles. The van der Waals surface area contributed by atoms with Gasteiger partial charge in [0.2, 0.25) is 0 Å². The maximum absolute atomic E-state index is 12.2. The average molecular weight is 441 g/mol. The van der Waals surface area contributed by atoms with Gasteiger partial charge in [0, 0.05) is 0 Å². The first kappa shape index (κ1) is 25.6. The van der Waals surface area contributed by atoms with Crippen molar-refractivity contribution < 1.29 is 19.1 Å². The fourth-order valence-corrected chi connectivity index (χ4v) is 3.29. The minimum absolute atomic E-state index is 0.309. The first-order chi connectivity index (χ1) is 15.7. The summed E-state index contributed by atoms with van der Waals surface area (Å²) in [4.78, 5) is 24.3. The van der Waals surface area contributed by atoms with Gasteiger partial charge in [-0.2, -0.15) is 0 Å². The fraction of sp³-hybridized carbons (Fsp3) is 0.462. The highest BCUT2D eigenvalue weighted by atomic mass is 16.5. The molecule has 0 amide bonds. The van der Waals surface area contributed by atoms with Crippen molar-refractivity contribution in [2.75, 3.05) is 26.3 Å². The molecular formula is C26H36N2O4.